The van der Waals surface area contributed by atoms with Gasteiger partial charge < -0.3 is 5.32 Å². The molecule has 9 heteroatoms. The molecule has 21 heavy (non-hydrogen) atoms. The van der Waals surface area contributed by atoms with Gasteiger partial charge in [0.25, 0.3) is 5.91 Å². The van der Waals surface area contributed by atoms with Crippen LogP contribution in [-0.2, 0) is 0 Å². The monoisotopic (exact) mass is 320 g/mol. The van der Waals surface area contributed by atoms with Crippen LogP contribution >= 0.6 is 22.7 Å². The Morgan fingerprint density at radius 3 is 3.00 bits per heavy atom. The molecule has 1 amide bonds. The predicted octanol–water partition coefficient (Wildman–Crippen LogP) is 2.18. The normalized spacial score (nSPS) is 12.3. The molecular weight excluding hydrogens is 308 g/mol. The zero-order chi connectivity index (χ0) is 14.8. The molecule has 1 atom stereocenters. The van der Waals surface area contributed by atoms with Crippen LogP contribution in [0.1, 0.15) is 34.2 Å². The molecule has 2 N–H and O–H groups in total. The lowest BCUT2D eigenvalue weighted by Gasteiger charge is -2.08. The zero-order valence-corrected chi connectivity index (χ0v) is 13.0. The van der Waals surface area contributed by atoms with Crippen molar-refractivity contribution in [3.05, 3.63) is 33.2 Å². The Hall–Kier alpha value is -2.13. The summed E-state index contributed by atoms with van der Waals surface area (Å²) in [7, 11) is 0. The highest BCUT2D eigenvalue weighted by Crippen LogP contribution is 2.29. The van der Waals surface area contributed by atoms with Crippen LogP contribution in [0.15, 0.2) is 16.8 Å². The van der Waals surface area contributed by atoms with E-state index in [1.807, 2.05) is 23.8 Å². The number of H-pyrrole nitrogens is 1. The van der Waals surface area contributed by atoms with Crippen LogP contribution in [0.25, 0.3) is 10.6 Å². The molecule has 0 fully saturated rings. The van der Waals surface area contributed by atoms with Crippen LogP contribution in [0.3, 0.4) is 0 Å². The van der Waals surface area contributed by atoms with Gasteiger partial charge >= 0.3 is 0 Å². The summed E-state index contributed by atoms with van der Waals surface area (Å²) < 4.78 is 0. The molecule has 0 saturated carbocycles. The lowest BCUT2D eigenvalue weighted by molar-refractivity contribution is 0.0941. The molecule has 1 unspecified atom stereocenters. The molecule has 3 heterocycles. The SMILES string of the molecule is Cc1nc(-c2ccsc2)sc1C(=O)NC(C)c1nn[nH]n1. The minimum absolute atomic E-state index is 0.177. The molecule has 0 radical (unpaired) electrons. The summed E-state index contributed by atoms with van der Waals surface area (Å²) in [6, 6.07) is 1.68. The van der Waals surface area contributed by atoms with Gasteiger partial charge in [0.05, 0.1) is 11.7 Å². The molecule has 3 rings (SSSR count). The summed E-state index contributed by atoms with van der Waals surface area (Å²) in [6.45, 7) is 3.64. The van der Waals surface area contributed by atoms with Crippen LogP contribution in [0.2, 0.25) is 0 Å². The van der Waals surface area contributed by atoms with Gasteiger partial charge in [0, 0.05) is 10.9 Å². The summed E-state index contributed by atoms with van der Waals surface area (Å²) in [6.07, 6.45) is 0. The third-order valence-corrected chi connectivity index (χ3v) is 4.76. The van der Waals surface area contributed by atoms with E-state index in [-0.39, 0.29) is 11.9 Å². The third kappa shape index (κ3) is 2.83. The summed E-state index contributed by atoms with van der Waals surface area (Å²) >= 11 is 2.99. The Balaban J connectivity index is 1.79. The zero-order valence-electron chi connectivity index (χ0n) is 11.3. The minimum atomic E-state index is -0.317. The molecule has 3 aromatic rings. The fraction of sp³-hybridized carbons (Fsp3) is 0.250. The van der Waals surface area contributed by atoms with Crippen molar-refractivity contribution in [1.29, 1.82) is 0 Å². The van der Waals surface area contributed by atoms with Crippen LogP contribution in [0.5, 0.6) is 0 Å². The van der Waals surface area contributed by atoms with E-state index in [9.17, 15) is 4.79 Å². The molecule has 0 aliphatic heterocycles. The molecule has 108 valence electrons. The quantitative estimate of drug-likeness (QED) is 0.768. The number of aryl methyl sites for hydroxylation is 1. The highest BCUT2D eigenvalue weighted by atomic mass is 32.1. The van der Waals surface area contributed by atoms with Gasteiger partial charge in [-0.15, -0.1) is 21.5 Å². The number of tetrazole rings is 1. The lowest BCUT2D eigenvalue weighted by Crippen LogP contribution is -2.27. The first kappa shape index (κ1) is 13.8. The average Bonchev–Trinajstić information content (AvgIpc) is 3.20. The van der Waals surface area contributed by atoms with Crippen molar-refractivity contribution in [3.8, 4) is 10.6 Å². The first-order chi connectivity index (χ1) is 10.1. The number of carbonyl (C=O) groups is 1. The van der Waals surface area contributed by atoms with Crippen molar-refractivity contribution >= 4 is 28.6 Å². The molecule has 0 bridgehead atoms. The summed E-state index contributed by atoms with van der Waals surface area (Å²) in [5, 5.41) is 21.3. The van der Waals surface area contributed by atoms with E-state index < -0.39 is 0 Å². The number of rotatable bonds is 4. The van der Waals surface area contributed by atoms with E-state index in [0.717, 1.165) is 16.3 Å². The number of hydrogen-bond donors (Lipinski definition) is 2. The van der Waals surface area contributed by atoms with Crippen LogP contribution in [0, 0.1) is 6.92 Å². The molecule has 7 nitrogen and oxygen atoms in total. The fourth-order valence-corrected chi connectivity index (χ4v) is 3.48. The Labute approximate surface area is 128 Å². The molecule has 3 aromatic heterocycles. The molecule has 0 aliphatic carbocycles. The van der Waals surface area contributed by atoms with Gasteiger partial charge in [-0.2, -0.15) is 16.6 Å². The van der Waals surface area contributed by atoms with Crippen molar-refractivity contribution in [2.24, 2.45) is 0 Å². The molecular formula is C12H12N6OS2. The Morgan fingerprint density at radius 2 is 2.33 bits per heavy atom. The predicted molar refractivity (Wildman–Crippen MR) is 80.2 cm³/mol. The molecule has 0 aliphatic rings. The summed E-state index contributed by atoms with van der Waals surface area (Å²) in [5.74, 6) is 0.271. The van der Waals surface area contributed by atoms with Gasteiger partial charge in [-0.3, -0.25) is 4.79 Å². The van der Waals surface area contributed by atoms with E-state index in [0.29, 0.717) is 10.7 Å². The summed E-state index contributed by atoms with van der Waals surface area (Å²) in [4.78, 5) is 17.4. The highest BCUT2D eigenvalue weighted by Gasteiger charge is 2.20. The Bertz CT molecular complexity index is 734. The Morgan fingerprint density at radius 1 is 1.48 bits per heavy atom. The van der Waals surface area contributed by atoms with Gasteiger partial charge in [-0.1, -0.05) is 5.21 Å². The number of aromatic nitrogens is 5. The largest absolute Gasteiger partial charge is 0.341 e. The number of amides is 1. The van der Waals surface area contributed by atoms with Crippen LogP contribution in [0.4, 0.5) is 0 Å². The van der Waals surface area contributed by atoms with Crippen molar-refractivity contribution in [1.82, 2.24) is 30.9 Å². The molecule has 0 saturated heterocycles. The number of thiazole rings is 1. The van der Waals surface area contributed by atoms with E-state index in [2.05, 4.69) is 30.9 Å². The number of carbonyl (C=O) groups excluding carboxylic acids is 1. The second-order valence-electron chi connectivity index (χ2n) is 4.41. The maximum atomic E-state index is 12.3. The second-order valence-corrected chi connectivity index (χ2v) is 6.19. The smallest absolute Gasteiger partial charge is 0.263 e. The highest BCUT2D eigenvalue weighted by molar-refractivity contribution is 7.17. The van der Waals surface area contributed by atoms with Gasteiger partial charge in [0.15, 0.2) is 5.82 Å². The number of hydrogen-bond acceptors (Lipinski definition) is 7. The number of thiophene rings is 1. The first-order valence-electron chi connectivity index (χ1n) is 6.19. The van der Waals surface area contributed by atoms with Gasteiger partial charge in [0.1, 0.15) is 9.88 Å². The van der Waals surface area contributed by atoms with E-state index >= 15 is 0 Å². The second kappa shape index (κ2) is 5.70. The topological polar surface area (TPSA) is 96.5 Å². The van der Waals surface area contributed by atoms with E-state index in [1.165, 1.54) is 11.3 Å². The van der Waals surface area contributed by atoms with Gasteiger partial charge in [-0.05, 0) is 25.3 Å². The maximum absolute atomic E-state index is 12.3. The minimum Gasteiger partial charge on any atom is -0.341 e. The van der Waals surface area contributed by atoms with Crippen molar-refractivity contribution < 1.29 is 4.79 Å². The molecule has 0 aromatic carbocycles. The van der Waals surface area contributed by atoms with Gasteiger partial charge in [-0.25, -0.2) is 4.98 Å². The molecule has 0 spiro atoms. The lowest BCUT2D eigenvalue weighted by atomic mass is 10.3. The van der Waals surface area contributed by atoms with Crippen molar-refractivity contribution in [2.45, 2.75) is 19.9 Å². The van der Waals surface area contributed by atoms with Crippen molar-refractivity contribution in [2.75, 3.05) is 0 Å². The fourth-order valence-electron chi connectivity index (χ4n) is 1.80. The van der Waals surface area contributed by atoms with Gasteiger partial charge in [0.2, 0.25) is 0 Å². The third-order valence-electron chi connectivity index (χ3n) is 2.87. The van der Waals surface area contributed by atoms with E-state index in [1.54, 1.807) is 18.3 Å². The summed E-state index contributed by atoms with van der Waals surface area (Å²) in [5.41, 5.74) is 1.76. The first-order valence-corrected chi connectivity index (χ1v) is 7.95. The Kier molecular flexibility index (Phi) is 3.76. The van der Waals surface area contributed by atoms with Crippen LogP contribution < -0.4 is 5.32 Å². The number of nitrogens with zero attached hydrogens (tertiary/aromatic N) is 4. The number of aromatic amines is 1. The van der Waals surface area contributed by atoms with E-state index in [4.69, 9.17) is 0 Å². The van der Waals surface area contributed by atoms with Crippen LogP contribution in [-0.4, -0.2) is 31.5 Å². The average molecular weight is 320 g/mol. The van der Waals surface area contributed by atoms with Crippen molar-refractivity contribution in [3.63, 3.8) is 0 Å². The maximum Gasteiger partial charge on any atom is 0.263 e. The number of nitrogens with one attached hydrogen (secondary N) is 2. The standard InChI is InChI=1S/C12H12N6OS2/c1-6-9(21-12(14-6)8-3-4-20-5-8)11(19)13-7(2)10-15-17-18-16-10/h3-5,7H,1-2H3,(H,13,19)(H,15,16,17,18).